The summed E-state index contributed by atoms with van der Waals surface area (Å²) in [7, 11) is 0. The summed E-state index contributed by atoms with van der Waals surface area (Å²) in [6, 6.07) is 0.290. The molecule has 1 aliphatic rings. The lowest BCUT2D eigenvalue weighted by Gasteiger charge is -2.14. The number of carbonyl (C=O) groups is 1. The zero-order valence-electron chi connectivity index (χ0n) is 7.80. The third kappa shape index (κ3) is 2.48. The Kier molecular flexibility index (Phi) is 3.53. The van der Waals surface area contributed by atoms with E-state index < -0.39 is 0 Å². The van der Waals surface area contributed by atoms with Crippen molar-refractivity contribution in [1.29, 1.82) is 0 Å². The lowest BCUT2D eigenvalue weighted by molar-refractivity contribution is -0.125. The number of hydrogen-bond acceptors (Lipinski definition) is 2. The van der Waals surface area contributed by atoms with Crippen molar-refractivity contribution in [2.24, 2.45) is 5.92 Å². The summed E-state index contributed by atoms with van der Waals surface area (Å²) in [5.41, 5.74) is 0. The predicted octanol–water partition coefficient (Wildman–Crippen LogP) is 0.938. The molecule has 1 N–H and O–H groups in total. The van der Waals surface area contributed by atoms with Gasteiger partial charge in [0.05, 0.1) is 12.5 Å². The smallest absolute Gasteiger partial charge is 0.225 e. The minimum Gasteiger partial charge on any atom is -0.381 e. The van der Waals surface area contributed by atoms with Gasteiger partial charge < -0.3 is 10.1 Å². The fourth-order valence-corrected chi connectivity index (χ4v) is 1.20. The Balaban J connectivity index is 2.27. The van der Waals surface area contributed by atoms with Crippen LogP contribution in [0.3, 0.4) is 0 Å². The van der Waals surface area contributed by atoms with Crippen LogP contribution in [0.25, 0.3) is 0 Å². The number of carbonyl (C=O) groups excluding carboxylic acids is 1. The van der Waals surface area contributed by atoms with Crippen molar-refractivity contribution in [3.8, 4) is 0 Å². The van der Waals surface area contributed by atoms with Gasteiger partial charge in [-0.3, -0.25) is 4.79 Å². The van der Waals surface area contributed by atoms with Crippen LogP contribution in [0.4, 0.5) is 0 Å². The van der Waals surface area contributed by atoms with E-state index in [0.717, 1.165) is 19.4 Å². The molecule has 0 saturated carbocycles. The van der Waals surface area contributed by atoms with Crippen LogP contribution >= 0.6 is 0 Å². The zero-order chi connectivity index (χ0) is 8.97. The molecule has 0 aromatic rings. The quantitative estimate of drug-likeness (QED) is 0.686. The Morgan fingerprint density at radius 2 is 2.50 bits per heavy atom. The van der Waals surface area contributed by atoms with Gasteiger partial charge in [-0.15, -0.1) is 0 Å². The van der Waals surface area contributed by atoms with Crippen molar-refractivity contribution < 1.29 is 9.53 Å². The standard InChI is InChI=1S/C9H17NO2/c1-3-7(2)10-9(11)8-4-5-12-6-8/h7-8H,3-6H2,1-2H3,(H,10,11). The fraction of sp³-hybridized carbons (Fsp3) is 0.889. The molecule has 1 heterocycles. The van der Waals surface area contributed by atoms with Crippen LogP contribution < -0.4 is 5.32 Å². The van der Waals surface area contributed by atoms with E-state index in [1.165, 1.54) is 0 Å². The first kappa shape index (κ1) is 9.52. The maximum absolute atomic E-state index is 11.4. The molecular weight excluding hydrogens is 154 g/mol. The van der Waals surface area contributed by atoms with Crippen molar-refractivity contribution in [2.45, 2.75) is 32.7 Å². The maximum Gasteiger partial charge on any atom is 0.225 e. The van der Waals surface area contributed by atoms with Crippen LogP contribution in [-0.2, 0) is 9.53 Å². The molecule has 2 unspecified atom stereocenters. The summed E-state index contributed by atoms with van der Waals surface area (Å²) in [4.78, 5) is 11.4. The number of amides is 1. The molecule has 0 aliphatic carbocycles. The molecule has 0 spiro atoms. The highest BCUT2D eigenvalue weighted by Crippen LogP contribution is 2.12. The van der Waals surface area contributed by atoms with Gasteiger partial charge in [-0.25, -0.2) is 0 Å². The number of nitrogens with one attached hydrogen (secondary N) is 1. The van der Waals surface area contributed by atoms with Gasteiger partial charge in [-0.2, -0.15) is 0 Å². The second kappa shape index (κ2) is 4.45. The summed E-state index contributed by atoms with van der Waals surface area (Å²) in [5, 5.41) is 2.95. The van der Waals surface area contributed by atoms with Crippen LogP contribution in [-0.4, -0.2) is 25.2 Å². The van der Waals surface area contributed by atoms with E-state index in [-0.39, 0.29) is 17.9 Å². The molecule has 3 heteroatoms. The molecule has 70 valence electrons. The molecule has 3 nitrogen and oxygen atoms in total. The molecule has 1 amide bonds. The van der Waals surface area contributed by atoms with Crippen LogP contribution in [0, 0.1) is 5.92 Å². The summed E-state index contributed by atoms with van der Waals surface area (Å²) >= 11 is 0. The second-order valence-corrected chi connectivity index (χ2v) is 3.38. The van der Waals surface area contributed by atoms with Crippen molar-refractivity contribution in [1.82, 2.24) is 5.32 Å². The Labute approximate surface area is 73.5 Å². The highest BCUT2D eigenvalue weighted by Gasteiger charge is 2.23. The Morgan fingerprint density at radius 1 is 1.75 bits per heavy atom. The molecule has 1 aliphatic heterocycles. The Hall–Kier alpha value is -0.570. The number of hydrogen-bond donors (Lipinski definition) is 1. The topological polar surface area (TPSA) is 38.3 Å². The van der Waals surface area contributed by atoms with E-state index >= 15 is 0 Å². The molecule has 0 aromatic heterocycles. The summed E-state index contributed by atoms with van der Waals surface area (Å²) in [5.74, 6) is 0.251. The predicted molar refractivity (Wildman–Crippen MR) is 46.8 cm³/mol. The largest absolute Gasteiger partial charge is 0.381 e. The first-order valence-corrected chi connectivity index (χ1v) is 4.62. The number of ether oxygens (including phenoxy) is 1. The van der Waals surface area contributed by atoms with Gasteiger partial charge in [-0.1, -0.05) is 6.92 Å². The molecule has 0 bridgehead atoms. The SMILES string of the molecule is CCC(C)NC(=O)C1CCOC1. The summed E-state index contributed by atoms with van der Waals surface area (Å²) in [6.45, 7) is 5.42. The van der Waals surface area contributed by atoms with Gasteiger partial charge in [0.1, 0.15) is 0 Å². The van der Waals surface area contributed by atoms with E-state index in [0.29, 0.717) is 6.61 Å². The second-order valence-electron chi connectivity index (χ2n) is 3.38. The van der Waals surface area contributed by atoms with Crippen LogP contribution in [0.5, 0.6) is 0 Å². The van der Waals surface area contributed by atoms with Crippen molar-refractivity contribution >= 4 is 5.91 Å². The van der Waals surface area contributed by atoms with Gasteiger partial charge >= 0.3 is 0 Å². The van der Waals surface area contributed by atoms with Gasteiger partial charge in [0, 0.05) is 12.6 Å². The van der Waals surface area contributed by atoms with Gasteiger partial charge in [0.2, 0.25) is 5.91 Å². The highest BCUT2D eigenvalue weighted by atomic mass is 16.5. The monoisotopic (exact) mass is 171 g/mol. The van der Waals surface area contributed by atoms with Crippen molar-refractivity contribution in [2.75, 3.05) is 13.2 Å². The summed E-state index contributed by atoms with van der Waals surface area (Å²) in [6.07, 6.45) is 1.86. The number of rotatable bonds is 3. The van der Waals surface area contributed by atoms with Gasteiger partial charge in [0.15, 0.2) is 0 Å². The molecule has 12 heavy (non-hydrogen) atoms. The minimum absolute atomic E-state index is 0.0963. The van der Waals surface area contributed by atoms with Crippen molar-refractivity contribution in [3.63, 3.8) is 0 Å². The first-order valence-electron chi connectivity index (χ1n) is 4.62. The fourth-order valence-electron chi connectivity index (χ4n) is 1.20. The van der Waals surface area contributed by atoms with Gasteiger partial charge in [0.25, 0.3) is 0 Å². The molecule has 0 radical (unpaired) electrons. The average Bonchev–Trinajstić information content (AvgIpc) is 2.56. The van der Waals surface area contributed by atoms with Crippen LogP contribution in [0.1, 0.15) is 26.7 Å². The van der Waals surface area contributed by atoms with Gasteiger partial charge in [-0.05, 0) is 19.8 Å². The average molecular weight is 171 g/mol. The van der Waals surface area contributed by atoms with Crippen LogP contribution in [0.15, 0.2) is 0 Å². The van der Waals surface area contributed by atoms with E-state index in [9.17, 15) is 4.79 Å². The maximum atomic E-state index is 11.4. The molecule has 1 saturated heterocycles. The molecule has 1 rings (SSSR count). The third-order valence-electron chi connectivity index (χ3n) is 2.30. The van der Waals surface area contributed by atoms with E-state index in [1.807, 2.05) is 6.92 Å². The molecule has 2 atom stereocenters. The first-order chi connectivity index (χ1) is 5.74. The van der Waals surface area contributed by atoms with E-state index in [1.54, 1.807) is 0 Å². The summed E-state index contributed by atoms with van der Waals surface area (Å²) < 4.78 is 5.13. The molecule has 1 fully saturated rings. The van der Waals surface area contributed by atoms with Crippen molar-refractivity contribution in [3.05, 3.63) is 0 Å². The van der Waals surface area contributed by atoms with Crippen LogP contribution in [0.2, 0.25) is 0 Å². The highest BCUT2D eigenvalue weighted by molar-refractivity contribution is 5.79. The Morgan fingerprint density at radius 3 is 3.00 bits per heavy atom. The lowest BCUT2D eigenvalue weighted by atomic mass is 10.1. The van der Waals surface area contributed by atoms with E-state index in [4.69, 9.17) is 4.74 Å². The minimum atomic E-state index is 0.0963. The van der Waals surface area contributed by atoms with E-state index in [2.05, 4.69) is 12.2 Å². The third-order valence-corrected chi connectivity index (χ3v) is 2.30. The normalized spacial score (nSPS) is 25.3. The molecular formula is C9H17NO2. The Bertz CT molecular complexity index is 153. The molecule has 0 aromatic carbocycles. The zero-order valence-corrected chi connectivity index (χ0v) is 7.80. The lowest BCUT2D eigenvalue weighted by Crippen LogP contribution is -2.37.